The number of aryl methyl sites for hydroxylation is 1. The predicted octanol–water partition coefficient (Wildman–Crippen LogP) is 2.22. The number of para-hydroxylation sites is 1. The van der Waals surface area contributed by atoms with E-state index in [9.17, 15) is 9.59 Å². The largest absolute Gasteiger partial charge is 0.309 e. The van der Waals surface area contributed by atoms with Crippen LogP contribution >= 0.6 is 0 Å². The fourth-order valence-electron chi connectivity index (χ4n) is 1.95. The summed E-state index contributed by atoms with van der Waals surface area (Å²) in [5.41, 5.74) is 1.21. The molecule has 0 aliphatic heterocycles. The number of benzene rings is 1. The van der Waals surface area contributed by atoms with Gasteiger partial charge in [-0.25, -0.2) is 0 Å². The zero-order valence-electron chi connectivity index (χ0n) is 9.36. The molecule has 0 aliphatic carbocycles. The molecule has 1 aromatic carbocycles. The standard InChI is InChI=1S/C13H13NO2/c1-3-14-12-7-5-4-6-10(12)11(9(2)15)8-13(14)16/h4-8H,3H2,1-2H3. The summed E-state index contributed by atoms with van der Waals surface area (Å²) < 4.78 is 1.67. The Balaban J connectivity index is 2.97. The molecule has 82 valence electrons. The van der Waals surface area contributed by atoms with E-state index in [-0.39, 0.29) is 11.3 Å². The molecule has 1 heterocycles. The van der Waals surface area contributed by atoms with Gasteiger partial charge in [0.25, 0.3) is 5.56 Å². The highest BCUT2D eigenvalue weighted by Crippen LogP contribution is 2.17. The molecule has 0 N–H and O–H groups in total. The molecule has 0 spiro atoms. The second-order valence-electron chi connectivity index (χ2n) is 3.71. The molecule has 3 nitrogen and oxygen atoms in total. The molecule has 0 unspecified atom stereocenters. The molecule has 3 heteroatoms. The number of carbonyl (C=O) groups excluding carboxylic acids is 1. The van der Waals surface area contributed by atoms with Crippen LogP contribution in [-0.4, -0.2) is 10.4 Å². The Morgan fingerprint density at radius 1 is 1.31 bits per heavy atom. The lowest BCUT2D eigenvalue weighted by molar-refractivity contribution is 0.101. The van der Waals surface area contributed by atoms with Crippen LogP contribution < -0.4 is 5.56 Å². The van der Waals surface area contributed by atoms with Gasteiger partial charge in [0, 0.05) is 23.6 Å². The highest BCUT2D eigenvalue weighted by atomic mass is 16.1. The Bertz CT molecular complexity index is 611. The molecule has 0 fully saturated rings. The van der Waals surface area contributed by atoms with Crippen LogP contribution in [0.3, 0.4) is 0 Å². The van der Waals surface area contributed by atoms with Crippen molar-refractivity contribution in [1.29, 1.82) is 0 Å². The number of aromatic nitrogens is 1. The van der Waals surface area contributed by atoms with E-state index in [1.807, 2.05) is 31.2 Å². The molecular weight excluding hydrogens is 202 g/mol. The zero-order chi connectivity index (χ0) is 11.7. The smallest absolute Gasteiger partial charge is 0.251 e. The summed E-state index contributed by atoms with van der Waals surface area (Å²) in [6, 6.07) is 8.91. The van der Waals surface area contributed by atoms with E-state index in [1.54, 1.807) is 4.57 Å². The summed E-state index contributed by atoms with van der Waals surface area (Å²) >= 11 is 0. The van der Waals surface area contributed by atoms with Crippen LogP contribution in [0, 0.1) is 0 Å². The SMILES string of the molecule is CCn1c(=O)cc(C(C)=O)c2ccccc21. The Hall–Kier alpha value is -1.90. The second-order valence-corrected chi connectivity index (χ2v) is 3.71. The van der Waals surface area contributed by atoms with Crippen molar-refractivity contribution in [2.45, 2.75) is 20.4 Å². The minimum Gasteiger partial charge on any atom is -0.309 e. The second kappa shape index (κ2) is 3.93. The normalized spacial score (nSPS) is 10.6. The number of hydrogen-bond donors (Lipinski definition) is 0. The van der Waals surface area contributed by atoms with Crippen molar-refractivity contribution >= 4 is 16.7 Å². The van der Waals surface area contributed by atoms with Gasteiger partial charge in [-0.1, -0.05) is 18.2 Å². The first-order valence-electron chi connectivity index (χ1n) is 5.28. The number of hydrogen-bond acceptors (Lipinski definition) is 2. The van der Waals surface area contributed by atoms with Crippen molar-refractivity contribution in [2.75, 3.05) is 0 Å². The lowest BCUT2D eigenvalue weighted by atomic mass is 10.1. The molecule has 0 saturated heterocycles. The molecule has 0 bridgehead atoms. The van der Waals surface area contributed by atoms with E-state index in [1.165, 1.54) is 13.0 Å². The average molecular weight is 215 g/mol. The molecule has 0 aliphatic rings. The van der Waals surface area contributed by atoms with Gasteiger partial charge in [-0.05, 0) is 19.9 Å². The highest BCUT2D eigenvalue weighted by molar-refractivity contribution is 6.06. The van der Waals surface area contributed by atoms with Gasteiger partial charge in [0.1, 0.15) is 0 Å². The third-order valence-electron chi connectivity index (χ3n) is 2.71. The maximum atomic E-state index is 11.8. The van der Waals surface area contributed by atoms with Crippen LogP contribution in [0.15, 0.2) is 35.1 Å². The molecule has 0 amide bonds. The quantitative estimate of drug-likeness (QED) is 0.720. The van der Waals surface area contributed by atoms with Crippen LogP contribution in [-0.2, 0) is 6.54 Å². The first kappa shape index (κ1) is 10.6. The molecule has 16 heavy (non-hydrogen) atoms. The maximum absolute atomic E-state index is 11.8. The van der Waals surface area contributed by atoms with E-state index in [0.29, 0.717) is 12.1 Å². The van der Waals surface area contributed by atoms with E-state index in [2.05, 4.69) is 0 Å². The fourth-order valence-corrected chi connectivity index (χ4v) is 1.95. The number of nitrogens with zero attached hydrogens (tertiary/aromatic N) is 1. The molecule has 0 atom stereocenters. The highest BCUT2D eigenvalue weighted by Gasteiger charge is 2.09. The van der Waals surface area contributed by atoms with Crippen molar-refractivity contribution in [3.8, 4) is 0 Å². The molecule has 2 rings (SSSR count). The zero-order valence-corrected chi connectivity index (χ0v) is 9.36. The van der Waals surface area contributed by atoms with Crippen molar-refractivity contribution in [3.05, 3.63) is 46.2 Å². The fraction of sp³-hybridized carbons (Fsp3) is 0.231. The molecule has 0 saturated carbocycles. The number of carbonyl (C=O) groups is 1. The number of rotatable bonds is 2. The summed E-state index contributed by atoms with van der Waals surface area (Å²) in [6.07, 6.45) is 0. The van der Waals surface area contributed by atoms with E-state index < -0.39 is 0 Å². The summed E-state index contributed by atoms with van der Waals surface area (Å²) in [6.45, 7) is 4.01. The number of ketones is 1. The van der Waals surface area contributed by atoms with Crippen LogP contribution in [0.1, 0.15) is 24.2 Å². The third-order valence-corrected chi connectivity index (χ3v) is 2.71. The van der Waals surface area contributed by atoms with Gasteiger partial charge in [0.15, 0.2) is 5.78 Å². The monoisotopic (exact) mass is 215 g/mol. The summed E-state index contributed by atoms with van der Waals surface area (Å²) in [4.78, 5) is 23.3. The molecule has 2 aromatic rings. The Labute approximate surface area is 93.3 Å². The first-order valence-corrected chi connectivity index (χ1v) is 5.28. The Morgan fingerprint density at radius 2 is 2.00 bits per heavy atom. The average Bonchev–Trinajstić information content (AvgIpc) is 2.28. The van der Waals surface area contributed by atoms with Crippen molar-refractivity contribution in [2.24, 2.45) is 0 Å². The molecular formula is C13H13NO2. The van der Waals surface area contributed by atoms with E-state index >= 15 is 0 Å². The minimum absolute atomic E-state index is 0.0726. The van der Waals surface area contributed by atoms with E-state index in [4.69, 9.17) is 0 Å². The lowest BCUT2D eigenvalue weighted by Crippen LogP contribution is -2.20. The predicted molar refractivity (Wildman–Crippen MR) is 63.9 cm³/mol. The third kappa shape index (κ3) is 1.54. The number of Topliss-reactive ketones (excluding diaryl/α,β-unsaturated/α-hetero) is 1. The minimum atomic E-state index is -0.119. The van der Waals surface area contributed by atoms with Gasteiger partial charge >= 0.3 is 0 Å². The van der Waals surface area contributed by atoms with Gasteiger partial charge < -0.3 is 4.57 Å². The van der Waals surface area contributed by atoms with Crippen molar-refractivity contribution in [3.63, 3.8) is 0 Å². The summed E-state index contributed by atoms with van der Waals surface area (Å²) in [7, 11) is 0. The topological polar surface area (TPSA) is 39.1 Å². The van der Waals surface area contributed by atoms with Gasteiger partial charge in [0.05, 0.1) is 5.52 Å². The summed E-state index contributed by atoms with van der Waals surface area (Å²) in [5, 5.41) is 0.844. The number of fused-ring (bicyclic) bond motifs is 1. The maximum Gasteiger partial charge on any atom is 0.251 e. The molecule has 1 aromatic heterocycles. The van der Waals surface area contributed by atoms with Gasteiger partial charge in [-0.2, -0.15) is 0 Å². The van der Waals surface area contributed by atoms with Crippen LogP contribution in [0.5, 0.6) is 0 Å². The molecule has 0 radical (unpaired) electrons. The summed E-state index contributed by atoms with van der Waals surface area (Å²) in [5.74, 6) is -0.0726. The van der Waals surface area contributed by atoms with Crippen LogP contribution in [0.4, 0.5) is 0 Å². The Morgan fingerprint density at radius 3 is 2.62 bits per heavy atom. The van der Waals surface area contributed by atoms with Crippen molar-refractivity contribution in [1.82, 2.24) is 4.57 Å². The van der Waals surface area contributed by atoms with Gasteiger partial charge in [-0.3, -0.25) is 9.59 Å². The Kier molecular flexibility index (Phi) is 2.60. The van der Waals surface area contributed by atoms with E-state index in [0.717, 1.165) is 10.9 Å². The van der Waals surface area contributed by atoms with Gasteiger partial charge in [-0.15, -0.1) is 0 Å². The van der Waals surface area contributed by atoms with Gasteiger partial charge in [0.2, 0.25) is 0 Å². The number of pyridine rings is 1. The van der Waals surface area contributed by atoms with Crippen molar-refractivity contribution < 1.29 is 4.79 Å². The lowest BCUT2D eigenvalue weighted by Gasteiger charge is -2.09. The van der Waals surface area contributed by atoms with Crippen LogP contribution in [0.25, 0.3) is 10.9 Å². The van der Waals surface area contributed by atoms with Crippen LogP contribution in [0.2, 0.25) is 0 Å². The first-order chi connectivity index (χ1) is 7.65.